The van der Waals surface area contributed by atoms with Crippen molar-refractivity contribution in [2.45, 2.75) is 18.4 Å². The summed E-state index contributed by atoms with van der Waals surface area (Å²) in [5, 5.41) is 7.46. The number of amides is 3. The number of imide groups is 1. The molecular formula is C19H16ClN3O5S. The number of anilines is 1. The number of carbonyl (C=O) groups excluding carboxylic acids is 3. The minimum Gasteiger partial charge on any atom is -0.326 e. The Morgan fingerprint density at radius 1 is 1.03 bits per heavy atom. The van der Waals surface area contributed by atoms with Crippen molar-refractivity contribution in [3.05, 3.63) is 64.7 Å². The topological polar surface area (TPSA) is 127 Å². The third-order valence-electron chi connectivity index (χ3n) is 4.20. The highest BCUT2D eigenvalue weighted by atomic mass is 35.5. The van der Waals surface area contributed by atoms with E-state index in [9.17, 15) is 22.8 Å². The van der Waals surface area contributed by atoms with Gasteiger partial charge in [-0.05, 0) is 35.4 Å². The summed E-state index contributed by atoms with van der Waals surface area (Å²) in [6.45, 7) is 1.30. The molecule has 1 aliphatic rings. The van der Waals surface area contributed by atoms with Gasteiger partial charge < -0.3 is 5.32 Å². The third kappa shape index (κ3) is 4.37. The van der Waals surface area contributed by atoms with Crippen molar-refractivity contribution in [1.82, 2.24) is 4.90 Å². The predicted molar refractivity (Wildman–Crippen MR) is 107 cm³/mol. The van der Waals surface area contributed by atoms with Gasteiger partial charge >= 0.3 is 0 Å². The number of halogens is 1. The summed E-state index contributed by atoms with van der Waals surface area (Å²) in [5.41, 5.74) is 1.58. The lowest BCUT2D eigenvalue weighted by Crippen LogP contribution is -2.30. The fourth-order valence-corrected chi connectivity index (χ4v) is 3.64. The third-order valence-corrected chi connectivity index (χ3v) is 5.48. The molecule has 2 aromatic carbocycles. The SMILES string of the molecule is CC(=O)Nc1ccc(C2=C(Cl)C(=O)N(Cc3ccc(S(N)(=O)=O)cc3)C2=O)cc1. The average molecular weight is 434 g/mol. The number of carbonyl (C=O) groups is 3. The second-order valence-corrected chi connectivity index (χ2v) is 8.27. The van der Waals surface area contributed by atoms with E-state index in [2.05, 4.69) is 5.32 Å². The Balaban J connectivity index is 1.82. The van der Waals surface area contributed by atoms with Crippen LogP contribution < -0.4 is 10.5 Å². The van der Waals surface area contributed by atoms with Gasteiger partial charge in [0.25, 0.3) is 11.8 Å². The highest BCUT2D eigenvalue weighted by Crippen LogP contribution is 2.33. The van der Waals surface area contributed by atoms with Crippen molar-refractivity contribution in [3.63, 3.8) is 0 Å². The van der Waals surface area contributed by atoms with Crippen LogP contribution >= 0.6 is 11.6 Å². The molecule has 1 heterocycles. The second kappa shape index (κ2) is 7.78. The minimum absolute atomic E-state index is 0.0622. The molecule has 0 saturated heterocycles. The molecule has 0 spiro atoms. The average Bonchev–Trinajstić information content (AvgIpc) is 2.85. The van der Waals surface area contributed by atoms with E-state index in [1.807, 2.05) is 0 Å². The summed E-state index contributed by atoms with van der Waals surface area (Å²) in [5.74, 6) is -1.45. The molecule has 8 nitrogen and oxygen atoms in total. The van der Waals surface area contributed by atoms with Gasteiger partial charge in [-0.2, -0.15) is 0 Å². The maximum absolute atomic E-state index is 12.8. The predicted octanol–water partition coefficient (Wildman–Crippen LogP) is 1.81. The van der Waals surface area contributed by atoms with Crippen LogP contribution in [-0.4, -0.2) is 31.0 Å². The number of rotatable bonds is 5. The Kier molecular flexibility index (Phi) is 5.56. The molecule has 0 radical (unpaired) electrons. The largest absolute Gasteiger partial charge is 0.326 e. The molecule has 3 N–H and O–H groups in total. The highest BCUT2D eigenvalue weighted by Gasteiger charge is 2.38. The molecular weight excluding hydrogens is 418 g/mol. The van der Waals surface area contributed by atoms with Gasteiger partial charge in [0.05, 0.1) is 17.0 Å². The first kappa shape index (κ1) is 20.7. The molecule has 1 aliphatic heterocycles. The van der Waals surface area contributed by atoms with Gasteiger partial charge in [0, 0.05) is 12.6 Å². The molecule has 29 heavy (non-hydrogen) atoms. The Bertz CT molecular complexity index is 1140. The van der Waals surface area contributed by atoms with Crippen LogP contribution in [0.4, 0.5) is 5.69 Å². The van der Waals surface area contributed by atoms with E-state index in [1.54, 1.807) is 24.3 Å². The number of nitrogens with zero attached hydrogens (tertiary/aromatic N) is 1. The maximum atomic E-state index is 12.8. The van der Waals surface area contributed by atoms with Gasteiger partial charge in [0.1, 0.15) is 5.03 Å². The van der Waals surface area contributed by atoms with E-state index in [-0.39, 0.29) is 28.0 Å². The monoisotopic (exact) mass is 433 g/mol. The number of nitrogens with two attached hydrogens (primary N) is 1. The molecule has 0 saturated carbocycles. The molecule has 2 aromatic rings. The Morgan fingerprint density at radius 2 is 1.62 bits per heavy atom. The number of benzene rings is 2. The van der Waals surface area contributed by atoms with E-state index < -0.39 is 21.8 Å². The van der Waals surface area contributed by atoms with E-state index in [0.29, 0.717) is 16.8 Å². The van der Waals surface area contributed by atoms with Crippen LogP contribution in [0.15, 0.2) is 58.5 Å². The maximum Gasteiger partial charge on any atom is 0.273 e. The van der Waals surface area contributed by atoms with Crippen LogP contribution in [0.3, 0.4) is 0 Å². The van der Waals surface area contributed by atoms with Crippen LogP contribution in [0.25, 0.3) is 5.57 Å². The summed E-state index contributed by atoms with van der Waals surface area (Å²) in [7, 11) is -3.84. The zero-order valence-electron chi connectivity index (χ0n) is 15.2. The van der Waals surface area contributed by atoms with E-state index in [4.69, 9.17) is 16.7 Å². The smallest absolute Gasteiger partial charge is 0.273 e. The Hall–Kier alpha value is -3.01. The normalized spacial score (nSPS) is 14.5. The lowest BCUT2D eigenvalue weighted by Gasteiger charge is -2.15. The lowest BCUT2D eigenvalue weighted by atomic mass is 10.1. The molecule has 150 valence electrons. The Labute approximate surface area is 172 Å². The quantitative estimate of drug-likeness (QED) is 0.695. The van der Waals surface area contributed by atoms with Gasteiger partial charge in [-0.15, -0.1) is 0 Å². The summed E-state index contributed by atoms with van der Waals surface area (Å²) >= 11 is 6.13. The van der Waals surface area contributed by atoms with Gasteiger partial charge in [-0.25, -0.2) is 13.6 Å². The van der Waals surface area contributed by atoms with Crippen LogP contribution in [-0.2, 0) is 31.0 Å². The molecule has 0 bridgehead atoms. The fraction of sp³-hybridized carbons (Fsp3) is 0.105. The van der Waals surface area contributed by atoms with Crippen molar-refractivity contribution in [2.75, 3.05) is 5.32 Å². The molecule has 0 aromatic heterocycles. The zero-order valence-corrected chi connectivity index (χ0v) is 16.8. The van der Waals surface area contributed by atoms with Crippen LogP contribution in [0.1, 0.15) is 18.1 Å². The number of nitrogens with one attached hydrogen (secondary N) is 1. The van der Waals surface area contributed by atoms with Gasteiger partial charge in [-0.3, -0.25) is 19.3 Å². The zero-order chi connectivity index (χ0) is 21.3. The summed E-state index contributed by atoms with van der Waals surface area (Å²) in [4.78, 5) is 37.3. The van der Waals surface area contributed by atoms with Gasteiger partial charge in [0.15, 0.2) is 0 Å². The summed E-state index contributed by atoms with van der Waals surface area (Å²) in [6, 6.07) is 11.9. The van der Waals surface area contributed by atoms with Crippen LogP contribution in [0.5, 0.6) is 0 Å². The first-order chi connectivity index (χ1) is 13.6. The molecule has 0 atom stereocenters. The van der Waals surface area contributed by atoms with E-state index in [0.717, 1.165) is 4.90 Å². The number of sulfonamides is 1. The van der Waals surface area contributed by atoms with E-state index >= 15 is 0 Å². The molecule has 10 heteroatoms. The molecule has 0 fully saturated rings. The van der Waals surface area contributed by atoms with Crippen molar-refractivity contribution < 1.29 is 22.8 Å². The van der Waals surface area contributed by atoms with Gasteiger partial charge in [-0.1, -0.05) is 35.9 Å². The number of hydrogen-bond donors (Lipinski definition) is 2. The fourth-order valence-electron chi connectivity index (χ4n) is 2.83. The van der Waals surface area contributed by atoms with Crippen molar-refractivity contribution in [3.8, 4) is 0 Å². The van der Waals surface area contributed by atoms with Crippen molar-refractivity contribution >= 4 is 50.6 Å². The van der Waals surface area contributed by atoms with Crippen molar-refractivity contribution in [2.24, 2.45) is 5.14 Å². The van der Waals surface area contributed by atoms with Crippen LogP contribution in [0, 0.1) is 0 Å². The first-order valence-electron chi connectivity index (χ1n) is 8.33. The second-order valence-electron chi connectivity index (χ2n) is 6.33. The number of primary sulfonamides is 1. The first-order valence-corrected chi connectivity index (χ1v) is 10.3. The molecule has 0 unspecified atom stereocenters. The standard InChI is InChI=1S/C19H16ClN3O5S/c1-11(24)22-14-6-4-13(5-7-14)16-17(20)19(26)23(18(16)25)10-12-2-8-15(9-3-12)29(21,27)28/h2-9H,10H2,1H3,(H,22,24)(H2,21,27,28). The van der Waals surface area contributed by atoms with Crippen LogP contribution in [0.2, 0.25) is 0 Å². The van der Waals surface area contributed by atoms with Crippen molar-refractivity contribution in [1.29, 1.82) is 0 Å². The molecule has 0 aliphatic carbocycles. The molecule has 3 rings (SSSR count). The van der Waals surface area contributed by atoms with E-state index in [1.165, 1.54) is 31.2 Å². The van der Waals surface area contributed by atoms with Gasteiger partial charge in [0.2, 0.25) is 15.9 Å². The molecule has 3 amide bonds. The highest BCUT2D eigenvalue weighted by molar-refractivity contribution is 7.89. The minimum atomic E-state index is -3.84. The lowest BCUT2D eigenvalue weighted by molar-refractivity contribution is -0.137. The summed E-state index contributed by atoms with van der Waals surface area (Å²) in [6.07, 6.45) is 0. The summed E-state index contributed by atoms with van der Waals surface area (Å²) < 4.78 is 22.7. The number of hydrogen-bond acceptors (Lipinski definition) is 5. The Morgan fingerprint density at radius 3 is 2.14 bits per heavy atom.